The molecular weight excluding hydrogens is 219 g/mol. The Kier molecular flexibility index (Phi) is 5.75. The molecule has 2 atom stereocenters. The molecule has 0 aliphatic rings. The molecule has 13 heavy (non-hydrogen) atoms. The molecule has 0 aromatic heterocycles. The predicted molar refractivity (Wildman–Crippen MR) is 47.8 cm³/mol. The number of ether oxygens (including phenoxy) is 2. The van der Waals surface area contributed by atoms with Gasteiger partial charge >= 0.3 is 0 Å². The lowest BCUT2D eigenvalue weighted by Crippen LogP contribution is -2.21. The molecule has 0 fully saturated rings. The van der Waals surface area contributed by atoms with Crippen molar-refractivity contribution in [3.8, 4) is 0 Å². The highest BCUT2D eigenvalue weighted by molar-refractivity contribution is 7.92. The second-order valence-corrected chi connectivity index (χ2v) is 5.82. The molecule has 0 aromatic rings. The van der Waals surface area contributed by atoms with Gasteiger partial charge in [0.1, 0.15) is 14.1 Å². The molecule has 0 saturated carbocycles. The van der Waals surface area contributed by atoms with Crippen LogP contribution in [0, 0.1) is 0 Å². The minimum absolute atomic E-state index is 0.0601. The van der Waals surface area contributed by atoms with Crippen LogP contribution in [0.3, 0.4) is 0 Å². The van der Waals surface area contributed by atoms with Crippen LogP contribution in [-0.4, -0.2) is 38.2 Å². The summed E-state index contributed by atoms with van der Waals surface area (Å²) < 4.78 is 50.2. The molecule has 6 nitrogen and oxygen atoms in total. The zero-order valence-electron chi connectivity index (χ0n) is 7.39. The number of rotatable bonds is 6. The van der Waals surface area contributed by atoms with Crippen LogP contribution in [0.1, 0.15) is 6.92 Å². The van der Waals surface area contributed by atoms with Crippen LogP contribution in [0.15, 0.2) is 0 Å². The van der Waals surface area contributed by atoms with E-state index in [9.17, 15) is 13.0 Å². The number of hydrogen-bond acceptors (Lipinski definition) is 5. The Bertz CT molecular complexity index is 260. The maximum Gasteiger partial charge on any atom is 0.299 e. The molecule has 0 heterocycles. The summed E-state index contributed by atoms with van der Waals surface area (Å²) in [5.41, 5.74) is 0. The summed E-state index contributed by atoms with van der Waals surface area (Å²) in [6.45, 7) is 1.60. The Morgan fingerprint density at radius 1 is 1.54 bits per heavy atom. The van der Waals surface area contributed by atoms with Gasteiger partial charge < -0.3 is 14.0 Å². The van der Waals surface area contributed by atoms with E-state index in [-0.39, 0.29) is 13.0 Å². The fourth-order valence-corrected chi connectivity index (χ4v) is 3.32. The lowest BCUT2D eigenvalue weighted by Gasteiger charge is -2.12. The Labute approximate surface area is 77.8 Å². The molecule has 0 rings (SSSR count). The van der Waals surface area contributed by atoms with Crippen molar-refractivity contribution < 1.29 is 27.0 Å². The van der Waals surface area contributed by atoms with E-state index in [0.29, 0.717) is 0 Å². The van der Waals surface area contributed by atoms with Crippen LogP contribution in [0.5, 0.6) is 0 Å². The van der Waals surface area contributed by atoms with E-state index < -0.39 is 23.1 Å². The lowest BCUT2D eigenvalue weighted by atomic mass is 10.9. The zero-order valence-corrected chi connectivity index (χ0v) is 9.20. The van der Waals surface area contributed by atoms with Crippen LogP contribution >= 0.6 is 7.80 Å². The second kappa shape index (κ2) is 5.72. The third-order valence-corrected chi connectivity index (χ3v) is 4.76. The van der Waals surface area contributed by atoms with E-state index in [0.717, 1.165) is 0 Å². The van der Waals surface area contributed by atoms with Crippen molar-refractivity contribution in [1.29, 1.82) is 0 Å². The van der Waals surface area contributed by atoms with E-state index in [1.807, 2.05) is 0 Å². The summed E-state index contributed by atoms with van der Waals surface area (Å²) in [4.78, 5) is 0. The maximum absolute atomic E-state index is 11.2. The van der Waals surface area contributed by atoms with Crippen LogP contribution < -0.4 is 0 Å². The number of hydrogen-bond donors (Lipinski definition) is 1. The summed E-state index contributed by atoms with van der Waals surface area (Å²) in [5, 5.41) is -1.65. The summed E-state index contributed by atoms with van der Waals surface area (Å²) in [5.74, 6) is 0. The van der Waals surface area contributed by atoms with Crippen molar-refractivity contribution in [3.63, 3.8) is 0 Å². The first kappa shape index (κ1) is 13.1. The first-order valence-electron chi connectivity index (χ1n) is 3.53. The smallest absolute Gasteiger partial charge is 0.299 e. The van der Waals surface area contributed by atoms with Crippen molar-refractivity contribution in [3.05, 3.63) is 0 Å². The SMILES string of the molecule is CCOC([PH](=O)COC)S(=O)(=O)O. The second-order valence-electron chi connectivity index (χ2n) is 2.20. The third-order valence-electron chi connectivity index (χ3n) is 1.14. The normalized spacial score (nSPS) is 16.8. The fourth-order valence-electron chi connectivity index (χ4n) is 0.707. The summed E-state index contributed by atoms with van der Waals surface area (Å²) in [6, 6.07) is 0. The topological polar surface area (TPSA) is 89.9 Å². The van der Waals surface area contributed by atoms with E-state index in [1.165, 1.54) is 7.11 Å². The van der Waals surface area contributed by atoms with Gasteiger partial charge in [-0.05, 0) is 6.92 Å². The van der Waals surface area contributed by atoms with Gasteiger partial charge in [0.25, 0.3) is 10.1 Å². The molecule has 0 spiro atoms. The third kappa shape index (κ3) is 4.73. The molecule has 1 N–H and O–H groups in total. The molecule has 0 bridgehead atoms. The fraction of sp³-hybridized carbons (Fsp3) is 1.00. The highest BCUT2D eigenvalue weighted by Crippen LogP contribution is 2.32. The van der Waals surface area contributed by atoms with Crippen molar-refractivity contribution in [1.82, 2.24) is 0 Å². The van der Waals surface area contributed by atoms with Crippen molar-refractivity contribution in [2.45, 2.75) is 12.1 Å². The molecule has 0 radical (unpaired) electrons. The van der Waals surface area contributed by atoms with Crippen molar-refractivity contribution in [2.24, 2.45) is 0 Å². The lowest BCUT2D eigenvalue weighted by molar-refractivity contribution is 0.153. The van der Waals surface area contributed by atoms with Crippen LogP contribution in [0.2, 0.25) is 0 Å². The summed E-state index contributed by atoms with van der Waals surface area (Å²) in [6.07, 6.45) is -0.227. The van der Waals surface area contributed by atoms with Crippen LogP contribution in [0.25, 0.3) is 0 Å². The van der Waals surface area contributed by atoms with Gasteiger partial charge in [0.15, 0.2) is 0 Å². The minimum atomic E-state index is -4.42. The first-order chi connectivity index (χ1) is 5.93. The maximum atomic E-state index is 11.2. The Morgan fingerprint density at radius 2 is 2.08 bits per heavy atom. The Hall–Kier alpha value is 0.0600. The molecule has 8 heteroatoms. The zero-order chi connectivity index (χ0) is 10.5. The molecule has 0 aliphatic carbocycles. The quantitative estimate of drug-likeness (QED) is 0.525. The number of methoxy groups -OCH3 is 1. The molecular formula is C5H13O6PS. The van der Waals surface area contributed by atoms with Gasteiger partial charge in [0.2, 0.25) is 5.18 Å². The van der Waals surface area contributed by atoms with Crippen molar-refractivity contribution >= 4 is 17.9 Å². The largest absolute Gasteiger partial charge is 0.377 e. The standard InChI is InChI=1S/C5H13O6PS/c1-3-11-5(13(7,8)9)12(6)4-10-2/h5,12H,3-4H2,1-2H3,(H,7,8,9). The van der Waals surface area contributed by atoms with Gasteiger partial charge in [-0.15, -0.1) is 0 Å². The van der Waals surface area contributed by atoms with Crippen molar-refractivity contribution in [2.75, 3.05) is 20.1 Å². The van der Waals surface area contributed by atoms with E-state index in [1.54, 1.807) is 6.92 Å². The minimum Gasteiger partial charge on any atom is -0.377 e. The highest BCUT2D eigenvalue weighted by Gasteiger charge is 2.29. The molecule has 2 unspecified atom stereocenters. The molecule has 0 aromatic carbocycles. The first-order valence-corrected chi connectivity index (χ1v) is 6.72. The monoisotopic (exact) mass is 232 g/mol. The Morgan fingerprint density at radius 3 is 2.38 bits per heavy atom. The molecule has 80 valence electrons. The molecule has 0 amide bonds. The summed E-state index contributed by atoms with van der Waals surface area (Å²) in [7, 11) is -5.76. The average Bonchev–Trinajstić information content (AvgIpc) is 1.98. The predicted octanol–water partition coefficient (Wildman–Crippen LogP) is 0.358. The van der Waals surface area contributed by atoms with Crippen LogP contribution in [0.4, 0.5) is 0 Å². The van der Waals surface area contributed by atoms with Gasteiger partial charge in [0, 0.05) is 13.7 Å². The highest BCUT2D eigenvalue weighted by atomic mass is 32.2. The van der Waals surface area contributed by atoms with Crippen LogP contribution in [-0.2, 0) is 24.2 Å². The molecule has 0 saturated heterocycles. The van der Waals surface area contributed by atoms with E-state index in [4.69, 9.17) is 4.55 Å². The van der Waals surface area contributed by atoms with Gasteiger partial charge in [-0.2, -0.15) is 8.42 Å². The van der Waals surface area contributed by atoms with E-state index in [2.05, 4.69) is 9.47 Å². The van der Waals surface area contributed by atoms with Gasteiger partial charge in [-0.25, -0.2) is 0 Å². The Balaban J connectivity index is 4.52. The average molecular weight is 232 g/mol. The summed E-state index contributed by atoms with van der Waals surface area (Å²) >= 11 is 0. The van der Waals surface area contributed by atoms with E-state index >= 15 is 0 Å². The van der Waals surface area contributed by atoms with Gasteiger partial charge in [-0.3, -0.25) is 4.55 Å². The molecule has 0 aliphatic heterocycles. The van der Waals surface area contributed by atoms with Gasteiger partial charge in [0.05, 0.1) is 0 Å². The van der Waals surface area contributed by atoms with Gasteiger partial charge in [-0.1, -0.05) is 0 Å².